The fourth-order valence-corrected chi connectivity index (χ4v) is 23.1. The van der Waals surface area contributed by atoms with Crippen molar-refractivity contribution in [3.8, 4) is 0 Å². The van der Waals surface area contributed by atoms with Crippen LogP contribution in [0.15, 0.2) is 89.3 Å². The Morgan fingerprint density at radius 1 is 0.621 bits per heavy atom. The van der Waals surface area contributed by atoms with Crippen molar-refractivity contribution in [1.29, 1.82) is 0 Å². The molecule has 2 heteroatoms. The number of allylic oxidation sites excluding steroid dienone is 2. The number of rotatable bonds is 1. The third-order valence-electron chi connectivity index (χ3n) is 7.85. The molecule has 1 saturated heterocycles. The Hall–Kier alpha value is -1.93. The zero-order chi connectivity index (χ0) is 19.8. The SMILES string of the molecule is C[Si]1(c2ccccc2)C2=Cc3ccccc3[CH]2[Ti]([CH3])([CH3])[CH]2C1=Cc1ccccc12. The van der Waals surface area contributed by atoms with Gasteiger partial charge in [0.25, 0.3) is 0 Å². The predicted molar refractivity (Wildman–Crippen MR) is 124 cm³/mol. The van der Waals surface area contributed by atoms with Gasteiger partial charge in [-0.15, -0.1) is 0 Å². The molecule has 3 aliphatic rings. The van der Waals surface area contributed by atoms with Crippen molar-refractivity contribution >= 4 is 25.4 Å². The summed E-state index contributed by atoms with van der Waals surface area (Å²) >= 11 is -2.32. The van der Waals surface area contributed by atoms with Crippen LogP contribution in [-0.2, 0) is 16.6 Å². The first kappa shape index (κ1) is 17.9. The van der Waals surface area contributed by atoms with E-state index in [4.69, 9.17) is 0 Å². The van der Waals surface area contributed by atoms with Gasteiger partial charge >= 0.3 is 179 Å². The second kappa shape index (κ2) is 6.04. The molecule has 1 heterocycles. The molecule has 0 amide bonds. The monoisotopic (exact) mass is 426 g/mol. The van der Waals surface area contributed by atoms with Gasteiger partial charge in [-0.2, -0.15) is 0 Å². The Labute approximate surface area is 178 Å². The summed E-state index contributed by atoms with van der Waals surface area (Å²) < 4.78 is 1.35. The quantitative estimate of drug-likeness (QED) is 0.385. The van der Waals surface area contributed by atoms with Crippen LogP contribution in [0.4, 0.5) is 0 Å². The first-order valence-electron chi connectivity index (χ1n) is 10.7. The van der Waals surface area contributed by atoms with Gasteiger partial charge in [0.05, 0.1) is 0 Å². The fraction of sp³-hybridized carbons (Fsp3) is 0.185. The molecule has 1 aliphatic heterocycles. The average molecular weight is 426 g/mol. The topological polar surface area (TPSA) is 0 Å². The van der Waals surface area contributed by atoms with E-state index in [1.165, 1.54) is 11.1 Å². The van der Waals surface area contributed by atoms with Gasteiger partial charge in [-0.1, -0.05) is 0 Å². The number of benzene rings is 3. The second-order valence-electron chi connectivity index (χ2n) is 9.64. The summed E-state index contributed by atoms with van der Waals surface area (Å²) in [6.45, 7) is 2.63. The van der Waals surface area contributed by atoms with E-state index in [1.807, 2.05) is 0 Å². The molecule has 29 heavy (non-hydrogen) atoms. The van der Waals surface area contributed by atoms with Gasteiger partial charge in [0.15, 0.2) is 0 Å². The summed E-state index contributed by atoms with van der Waals surface area (Å²) in [6.07, 6.45) is 5.21. The van der Waals surface area contributed by atoms with Crippen LogP contribution < -0.4 is 5.19 Å². The molecule has 2 aliphatic carbocycles. The van der Waals surface area contributed by atoms with Crippen LogP contribution >= 0.6 is 0 Å². The van der Waals surface area contributed by atoms with Crippen LogP contribution in [0.2, 0.25) is 17.0 Å². The van der Waals surface area contributed by atoms with Crippen LogP contribution in [0.5, 0.6) is 0 Å². The van der Waals surface area contributed by atoms with Gasteiger partial charge < -0.3 is 0 Å². The van der Waals surface area contributed by atoms with Crippen LogP contribution in [-0.4, -0.2) is 8.07 Å². The Morgan fingerprint density at radius 3 is 1.59 bits per heavy atom. The maximum absolute atomic E-state index is 2.69. The molecular formula is C27H26SiTi. The Balaban J connectivity index is 1.69. The van der Waals surface area contributed by atoms with Gasteiger partial charge in [0.1, 0.15) is 0 Å². The van der Waals surface area contributed by atoms with Gasteiger partial charge in [-0.3, -0.25) is 0 Å². The fourth-order valence-electron chi connectivity index (χ4n) is 6.55. The summed E-state index contributed by atoms with van der Waals surface area (Å²) in [4.78, 5) is 0. The van der Waals surface area contributed by atoms with Gasteiger partial charge in [-0.05, 0) is 0 Å². The minimum absolute atomic E-state index is 0.677. The molecule has 0 nitrogen and oxygen atoms in total. The van der Waals surface area contributed by atoms with E-state index in [-0.39, 0.29) is 0 Å². The molecule has 1 fully saturated rings. The molecule has 0 aromatic heterocycles. The third-order valence-corrected chi connectivity index (χ3v) is 20.0. The van der Waals surface area contributed by atoms with E-state index < -0.39 is 24.7 Å². The molecule has 0 radical (unpaired) electrons. The zero-order valence-corrected chi connectivity index (χ0v) is 19.9. The zero-order valence-electron chi connectivity index (χ0n) is 17.3. The van der Waals surface area contributed by atoms with Crippen LogP contribution in [0, 0.1) is 0 Å². The Morgan fingerprint density at radius 2 is 1.07 bits per heavy atom. The summed E-state index contributed by atoms with van der Waals surface area (Å²) in [7, 11) is -1.99. The van der Waals surface area contributed by atoms with Crippen molar-refractivity contribution in [1.82, 2.24) is 0 Å². The molecule has 2 unspecified atom stereocenters. The summed E-state index contributed by atoms with van der Waals surface area (Å²) in [5.74, 6) is 0. The molecule has 6 rings (SSSR count). The van der Waals surface area contributed by atoms with E-state index in [1.54, 1.807) is 26.7 Å². The number of hydrogen-bond donors (Lipinski definition) is 0. The van der Waals surface area contributed by atoms with E-state index >= 15 is 0 Å². The van der Waals surface area contributed by atoms with Gasteiger partial charge in [0, 0.05) is 0 Å². The van der Waals surface area contributed by atoms with E-state index in [0.29, 0.717) is 8.45 Å². The van der Waals surface area contributed by atoms with Gasteiger partial charge in [0.2, 0.25) is 0 Å². The summed E-state index contributed by atoms with van der Waals surface area (Å²) in [5.41, 5.74) is 6.20. The van der Waals surface area contributed by atoms with Crippen molar-refractivity contribution in [2.75, 3.05) is 0 Å². The predicted octanol–water partition coefficient (Wildman–Crippen LogP) is 6.59. The van der Waals surface area contributed by atoms with Gasteiger partial charge in [-0.25, -0.2) is 0 Å². The molecule has 3 aromatic carbocycles. The molecule has 2 atom stereocenters. The first-order valence-corrected chi connectivity index (χ1v) is 18.1. The number of hydrogen-bond acceptors (Lipinski definition) is 0. The van der Waals surface area contributed by atoms with Crippen molar-refractivity contribution < 1.29 is 16.6 Å². The van der Waals surface area contributed by atoms with E-state index in [0.717, 1.165) is 0 Å². The third kappa shape index (κ3) is 2.24. The summed E-state index contributed by atoms with van der Waals surface area (Å²) in [5, 5.41) is 10.5. The molecule has 0 saturated carbocycles. The maximum atomic E-state index is 2.69. The van der Waals surface area contributed by atoms with Crippen molar-refractivity contribution in [2.24, 2.45) is 0 Å². The minimum atomic E-state index is -2.32. The van der Waals surface area contributed by atoms with Crippen molar-refractivity contribution in [3.63, 3.8) is 0 Å². The van der Waals surface area contributed by atoms with Crippen LogP contribution in [0.1, 0.15) is 30.7 Å². The Bertz CT molecular complexity index is 1130. The standard InChI is InChI=1S/C25H20Si.2CH3.Ti/c1-26(23-13-3-2-4-14-23,24-15-19-9-5-6-10-20(19)16-24)25-17-21-11-7-8-12-22(21)18-25;;;/h2-18H,1H3;2*1H3;. The van der Waals surface area contributed by atoms with Crippen LogP contribution in [0.25, 0.3) is 12.2 Å². The van der Waals surface area contributed by atoms with Crippen molar-refractivity contribution in [3.05, 3.63) is 112 Å². The summed E-state index contributed by atoms with van der Waals surface area (Å²) in [6, 6.07) is 29.9. The first-order chi connectivity index (χ1) is 14.0. The molecule has 142 valence electrons. The number of fused-ring (bicyclic) bond motifs is 6. The van der Waals surface area contributed by atoms with Crippen molar-refractivity contribution in [2.45, 2.75) is 25.4 Å². The molecule has 0 spiro atoms. The van der Waals surface area contributed by atoms with E-state index in [9.17, 15) is 0 Å². The average Bonchev–Trinajstić information content (AvgIpc) is 3.34. The Kier molecular flexibility index (Phi) is 3.73. The molecule has 0 N–H and O–H groups in total. The molecular weight excluding hydrogens is 400 g/mol. The molecule has 0 bridgehead atoms. The second-order valence-corrected chi connectivity index (χ2v) is 21.1. The molecule has 3 aromatic rings. The van der Waals surface area contributed by atoms with E-state index in [2.05, 4.69) is 108 Å². The van der Waals surface area contributed by atoms with Crippen LogP contribution in [0.3, 0.4) is 0 Å². The normalized spacial score (nSPS) is 28.0.